The number of rotatable bonds is 7. The lowest BCUT2D eigenvalue weighted by atomic mass is 9.84. The zero-order chi connectivity index (χ0) is 57.4. The van der Waals surface area contributed by atoms with Gasteiger partial charge >= 0.3 is 6.09 Å². The van der Waals surface area contributed by atoms with Gasteiger partial charge in [-0.25, -0.2) is 23.5 Å². The predicted octanol–water partition coefficient (Wildman–Crippen LogP) is 10.2. The molecule has 2 aromatic carbocycles. The van der Waals surface area contributed by atoms with E-state index in [1.807, 2.05) is 23.2 Å². The van der Waals surface area contributed by atoms with E-state index < -0.39 is 12.0 Å². The van der Waals surface area contributed by atoms with Crippen molar-refractivity contribution in [3.63, 3.8) is 0 Å². The number of carbonyl (C=O) groups is 4. The minimum Gasteiger partial charge on any atom is -0.453 e. The molecule has 3 saturated carbocycles. The first-order valence-electron chi connectivity index (χ1n) is 25.0. The number of nitrogens with two attached hydrogens (primary N) is 2. The number of nitrogens with one attached hydrogen (secondary N) is 2. The van der Waals surface area contributed by atoms with Gasteiger partial charge in [0.1, 0.15) is 10.8 Å². The largest absolute Gasteiger partial charge is 0.453 e. The number of ether oxygens (including phenoxy) is 3. The molecule has 4 aromatic rings. The first kappa shape index (κ1) is 67.0. The second-order valence-corrected chi connectivity index (χ2v) is 18.7. The van der Waals surface area contributed by atoms with Crippen LogP contribution in [0.5, 0.6) is 0 Å². The molecule has 6 fully saturated rings. The van der Waals surface area contributed by atoms with Gasteiger partial charge in [0.25, 0.3) is 0 Å². The number of halogens is 3. The number of hydrogen-bond donors (Lipinski definition) is 4. The van der Waals surface area contributed by atoms with Crippen molar-refractivity contribution in [1.29, 1.82) is 0 Å². The van der Waals surface area contributed by atoms with E-state index in [4.69, 9.17) is 21.1 Å². The number of hydrogen-bond acceptors (Lipinski definition) is 9. The molecule has 3 aliphatic carbocycles. The number of benzene rings is 2. The maximum atomic E-state index is 13.0. The van der Waals surface area contributed by atoms with Crippen LogP contribution in [0, 0.1) is 74.0 Å². The van der Waals surface area contributed by atoms with Gasteiger partial charge in [-0.2, -0.15) is 0 Å². The number of primary amides is 2. The second-order valence-electron chi connectivity index (χ2n) is 18.3. The molecule has 0 radical (unpaired) electrons. The molecule has 3 aliphatic heterocycles. The number of likely N-dealkylation sites (tertiary alicyclic amines) is 2. The molecule has 5 heterocycles. The second kappa shape index (κ2) is 36.1. The summed E-state index contributed by atoms with van der Waals surface area (Å²) in [5.74, 6) is 1.89. The summed E-state index contributed by atoms with van der Waals surface area (Å²) in [4.78, 5) is 60.8. The Morgan fingerprint density at radius 3 is 1.49 bits per heavy atom. The number of aromatic amines is 2. The molecule has 76 heavy (non-hydrogen) atoms. The normalized spacial score (nSPS) is 21.5. The number of nitrogens with zero attached hydrogens (tertiary/aromatic N) is 4. The molecule has 414 valence electrons. The van der Waals surface area contributed by atoms with E-state index in [1.165, 1.54) is 13.5 Å². The van der Waals surface area contributed by atoms with Crippen molar-refractivity contribution in [3.05, 3.63) is 85.7 Å². The highest BCUT2D eigenvalue weighted by molar-refractivity contribution is 6.31. The smallest absolute Gasteiger partial charge is 0.404 e. The monoisotopic (exact) mass is 1070 g/mol. The third-order valence-corrected chi connectivity index (χ3v) is 14.2. The standard InChI is InChI=1S/C18H13ClN4.C14H21F2NO.C13H21NO2.C2H5NO2.C2H6O.C2H4.3C2H2.CH3NO/c19-18-17(22-11-23-18)15-7-3-13(4-8-15)12-1-5-14(6-2-12)16-9-20-10-21-16;1-9-11-4-7-17(13(9)11)12(18)8-10-2-5-14(15,16)6-3-10;1-9-11-2-5-14(13(9)11)12(15)8-10-3-6-16-7-4-10;1-5-2(3)4;1-3-2;4*1-2;2-1-3/h1-11H,(H,20,21)(H,22,23);9-11,13H,2-8H2,1H3;9-11,13H,2-8H2,1H3;1H3,(H2,3,4);1-2H3;1-2H2;3*1-2H;1H,(H2,2,3)/t;2*9-,11?,13?;;;;;;;/m.11......./s1. The van der Waals surface area contributed by atoms with E-state index >= 15 is 0 Å². The third kappa shape index (κ3) is 21.0. The lowest BCUT2D eigenvalue weighted by molar-refractivity contribution is -0.134. The van der Waals surface area contributed by atoms with Gasteiger partial charge in [-0.15, -0.1) is 51.7 Å². The van der Waals surface area contributed by atoms with Crippen molar-refractivity contribution in [2.24, 2.45) is 47.0 Å². The van der Waals surface area contributed by atoms with E-state index in [0.29, 0.717) is 54.2 Å². The van der Waals surface area contributed by atoms with Crippen LogP contribution in [0.4, 0.5) is 13.6 Å². The SMILES string of the molecule is C#C.C#C.C#C.C=C.COC.COC(N)=O.C[C@@H]1C2CCN(C(=O)CC3CCC(F)(F)CC3)C21.C[C@@H]1C2CCN(C(=O)CC3CCOCC3)C21.Clc1[nH]cnc1-c1ccc(-c2ccc(-c3cnc[nH]3)cc2)cc1.NC=O. The van der Waals surface area contributed by atoms with E-state index in [2.05, 4.69) is 148 Å². The lowest BCUT2D eigenvalue weighted by Crippen LogP contribution is -2.35. The summed E-state index contributed by atoms with van der Waals surface area (Å²) in [6.07, 6.45) is 35.3. The number of amides is 4. The molecule has 0 bridgehead atoms. The first-order chi connectivity index (χ1) is 36.7. The zero-order valence-electron chi connectivity index (χ0n) is 44.8. The quantitative estimate of drug-likeness (QED) is 0.0787. The molecular weight excluding hydrogens is 994 g/mol. The predicted molar refractivity (Wildman–Crippen MR) is 298 cm³/mol. The van der Waals surface area contributed by atoms with Crippen LogP contribution in [0.3, 0.4) is 0 Å². The molecule has 6 atom stereocenters. The Hall–Kier alpha value is -6.97. The van der Waals surface area contributed by atoms with E-state index in [-0.39, 0.29) is 31.1 Å². The van der Waals surface area contributed by atoms with Gasteiger partial charge in [0.15, 0.2) is 0 Å². The van der Waals surface area contributed by atoms with Crippen LogP contribution in [0.1, 0.15) is 78.1 Å². The van der Waals surface area contributed by atoms with Crippen LogP contribution < -0.4 is 11.5 Å². The van der Waals surface area contributed by atoms with Crippen LogP contribution in [0.2, 0.25) is 5.15 Å². The summed E-state index contributed by atoms with van der Waals surface area (Å²) in [6, 6.07) is 17.7. The van der Waals surface area contributed by atoms with Gasteiger partial charge in [-0.05, 0) is 90.7 Å². The van der Waals surface area contributed by atoms with Crippen molar-refractivity contribution in [2.45, 2.75) is 96.1 Å². The summed E-state index contributed by atoms with van der Waals surface area (Å²) in [5, 5.41) is 0.557. The zero-order valence-corrected chi connectivity index (χ0v) is 45.5. The fourth-order valence-electron chi connectivity index (χ4n) is 9.94. The Labute approximate surface area is 454 Å². The maximum Gasteiger partial charge on any atom is 0.404 e. The summed E-state index contributed by atoms with van der Waals surface area (Å²) in [6.45, 7) is 14.1. The van der Waals surface area contributed by atoms with Gasteiger partial charge in [-0.3, -0.25) is 14.4 Å². The minimum absolute atomic E-state index is 0.0343. The van der Waals surface area contributed by atoms with Crippen molar-refractivity contribution >= 4 is 35.9 Å². The maximum absolute atomic E-state index is 13.0. The lowest BCUT2D eigenvalue weighted by Gasteiger charge is -2.29. The number of carbonyl (C=O) groups excluding carboxylic acids is 4. The molecule has 4 amide bonds. The number of terminal acetylenes is 3. The van der Waals surface area contributed by atoms with Gasteiger partial charge in [-0.1, -0.05) is 74.0 Å². The number of fused-ring (bicyclic) bond motifs is 2. The van der Waals surface area contributed by atoms with Crippen molar-refractivity contribution in [2.75, 3.05) is 47.6 Å². The van der Waals surface area contributed by atoms with Crippen LogP contribution in [0.15, 0.2) is 80.5 Å². The highest BCUT2D eigenvalue weighted by Crippen LogP contribution is 2.51. The number of imidazole rings is 2. The van der Waals surface area contributed by atoms with E-state index in [1.54, 1.807) is 26.9 Å². The molecule has 15 nitrogen and oxygen atoms in total. The Morgan fingerprint density at radius 1 is 0.750 bits per heavy atom. The Kier molecular flexibility index (Phi) is 31.8. The third-order valence-electron chi connectivity index (χ3n) is 13.9. The number of methoxy groups -OCH3 is 2. The fraction of sp³-hybridized carbons (Fsp3) is 0.483. The van der Waals surface area contributed by atoms with Crippen molar-refractivity contribution in [3.8, 4) is 72.2 Å². The highest BCUT2D eigenvalue weighted by atomic mass is 35.5. The van der Waals surface area contributed by atoms with Crippen LogP contribution >= 0.6 is 11.6 Å². The number of piperidine rings is 2. The molecule has 3 saturated heterocycles. The number of H-pyrrole nitrogens is 2. The van der Waals surface area contributed by atoms with Crippen molar-refractivity contribution < 1.29 is 42.2 Å². The Bertz CT molecular complexity index is 2310. The van der Waals surface area contributed by atoms with Crippen molar-refractivity contribution in [1.82, 2.24) is 29.7 Å². The van der Waals surface area contributed by atoms with Gasteiger partial charge in [0.2, 0.25) is 24.1 Å². The molecule has 18 heteroatoms. The van der Waals surface area contributed by atoms with E-state index in [0.717, 1.165) is 103 Å². The molecule has 10 rings (SSSR count). The molecule has 4 unspecified atom stereocenters. The van der Waals surface area contributed by atoms with E-state index in [9.17, 15) is 23.2 Å². The highest BCUT2D eigenvalue weighted by Gasteiger charge is 2.56. The molecule has 6 N–H and O–H groups in total. The van der Waals surface area contributed by atoms with Gasteiger partial charge < -0.3 is 45.4 Å². The fourth-order valence-corrected chi connectivity index (χ4v) is 10.1. The molecule has 0 spiro atoms. The molecule has 2 aromatic heterocycles. The topological polar surface area (TPSA) is 212 Å². The van der Waals surface area contributed by atoms with Crippen LogP contribution in [0.25, 0.3) is 33.6 Å². The summed E-state index contributed by atoms with van der Waals surface area (Å²) >= 11 is 6.07. The summed E-state index contributed by atoms with van der Waals surface area (Å²) in [7, 11) is 4.47. The minimum atomic E-state index is -2.48. The van der Waals surface area contributed by atoms with Crippen LogP contribution in [-0.2, 0) is 28.6 Å². The Balaban J connectivity index is 0.000000494. The summed E-state index contributed by atoms with van der Waals surface area (Å²) in [5.41, 5.74) is 14.8. The average Bonchev–Trinajstić information content (AvgIpc) is 3.92. The number of alkyl halides is 2. The van der Waals surface area contributed by atoms with Crippen LogP contribution in [-0.4, -0.2) is 120 Å². The Morgan fingerprint density at radius 2 is 1.14 bits per heavy atom. The average molecular weight is 1070 g/mol. The summed E-state index contributed by atoms with van der Waals surface area (Å²) < 4.78 is 39.5. The first-order valence-corrected chi connectivity index (χ1v) is 25.4. The molecule has 6 aliphatic rings. The number of aromatic nitrogens is 4. The molecular formula is C58H79ClF2N8O7. The van der Waals surface area contributed by atoms with Gasteiger partial charge in [0, 0.05) is 83.9 Å². The van der Waals surface area contributed by atoms with Gasteiger partial charge in [0.05, 0.1) is 31.7 Å².